The number of aliphatic hydroxyl groups excluding tert-OH is 1. The number of alkyl halides is 5. The van der Waals surface area contributed by atoms with Crippen molar-refractivity contribution in [3.8, 4) is 0 Å². The molecule has 1 aliphatic rings. The van der Waals surface area contributed by atoms with E-state index in [-0.39, 0.29) is 11.4 Å². The second-order valence-corrected chi connectivity index (χ2v) is 5.43. The van der Waals surface area contributed by atoms with Gasteiger partial charge in [-0.1, -0.05) is 54.1 Å². The van der Waals surface area contributed by atoms with Crippen LogP contribution in [0.3, 0.4) is 0 Å². The Morgan fingerprint density at radius 1 is 1.00 bits per heavy atom. The molecule has 88 valence electrons. The van der Waals surface area contributed by atoms with E-state index in [1.807, 2.05) is 0 Å². The lowest BCUT2D eigenvalue weighted by atomic mass is 9.98. The Morgan fingerprint density at radius 3 is 1.43 bits per heavy atom. The molecule has 0 spiro atoms. The van der Waals surface area contributed by atoms with Crippen LogP contribution in [0.5, 0.6) is 0 Å². The number of rotatable bonds is 0. The summed E-state index contributed by atoms with van der Waals surface area (Å²) in [5, 5.41) is 9.10. The second kappa shape index (κ2) is 14.4. The highest BCUT2D eigenvalue weighted by Gasteiger charge is 2.07. The van der Waals surface area contributed by atoms with Crippen LogP contribution in [0.1, 0.15) is 32.1 Å². The van der Waals surface area contributed by atoms with Gasteiger partial charge in [-0.15, -0.1) is 23.2 Å². The van der Waals surface area contributed by atoms with Crippen LogP contribution in [0, 0.1) is 0 Å². The zero-order chi connectivity index (χ0) is 11.4. The van der Waals surface area contributed by atoms with Crippen molar-refractivity contribution in [3.05, 3.63) is 0 Å². The van der Waals surface area contributed by atoms with Gasteiger partial charge in [0.2, 0.25) is 0 Å². The van der Waals surface area contributed by atoms with E-state index in [0.717, 1.165) is 12.8 Å². The molecule has 0 aromatic heterocycles. The molecule has 1 aliphatic carbocycles. The SMILES string of the molecule is ClC(Cl)Cl.ClCCl.OC1CCCCC1. The van der Waals surface area contributed by atoms with Crippen molar-refractivity contribution >= 4 is 58.0 Å². The molecule has 14 heavy (non-hydrogen) atoms. The Hall–Kier alpha value is 1.41. The van der Waals surface area contributed by atoms with E-state index in [0.29, 0.717) is 0 Å². The first kappa shape index (κ1) is 17.8. The minimum absolute atomic E-state index is 0.0359. The normalized spacial score (nSPS) is 16.5. The van der Waals surface area contributed by atoms with Crippen molar-refractivity contribution in [2.75, 3.05) is 5.34 Å². The molecule has 1 N–H and O–H groups in total. The van der Waals surface area contributed by atoms with Crippen molar-refractivity contribution in [1.82, 2.24) is 0 Å². The lowest BCUT2D eigenvalue weighted by Crippen LogP contribution is -2.09. The molecule has 1 saturated carbocycles. The standard InChI is InChI=1S/C6H12O.CHCl3.CH2Cl2/c7-6-4-2-1-3-5-6;2-1(3)4;2-1-3/h6-7H,1-5H2;1H;1H2. The molecule has 0 heterocycles. The third kappa shape index (κ3) is 23.3. The van der Waals surface area contributed by atoms with Gasteiger partial charge in [-0.3, -0.25) is 0 Å². The van der Waals surface area contributed by atoms with E-state index >= 15 is 0 Å². The lowest BCUT2D eigenvalue weighted by molar-refractivity contribution is 0.130. The van der Waals surface area contributed by atoms with E-state index in [1.165, 1.54) is 19.3 Å². The number of hydrogen-bond acceptors (Lipinski definition) is 1. The zero-order valence-corrected chi connectivity index (χ0v) is 11.5. The molecular formula is C8H15Cl5O. The molecular weight excluding hydrogens is 289 g/mol. The number of hydrogen-bond donors (Lipinski definition) is 1. The van der Waals surface area contributed by atoms with E-state index in [4.69, 9.17) is 63.1 Å². The highest BCUT2D eigenvalue weighted by Crippen LogP contribution is 2.16. The molecule has 6 heteroatoms. The topological polar surface area (TPSA) is 20.2 Å². The Labute approximate surface area is 111 Å². The minimum Gasteiger partial charge on any atom is -0.393 e. The summed E-state index contributed by atoms with van der Waals surface area (Å²) in [4.78, 5) is 0. The first-order valence-corrected chi connectivity index (χ1v) is 6.64. The third-order valence-electron chi connectivity index (χ3n) is 1.57. The molecule has 0 radical (unpaired) electrons. The van der Waals surface area contributed by atoms with Crippen molar-refractivity contribution in [3.63, 3.8) is 0 Å². The molecule has 1 nitrogen and oxygen atoms in total. The summed E-state index contributed by atoms with van der Waals surface area (Å²) < 4.78 is -0.750. The van der Waals surface area contributed by atoms with Crippen molar-refractivity contribution in [1.29, 1.82) is 0 Å². The van der Waals surface area contributed by atoms with Crippen LogP contribution in [0.4, 0.5) is 0 Å². The summed E-state index contributed by atoms with van der Waals surface area (Å²) >= 11 is 23.9. The average molecular weight is 304 g/mol. The van der Waals surface area contributed by atoms with Crippen molar-refractivity contribution < 1.29 is 5.11 Å². The van der Waals surface area contributed by atoms with Crippen molar-refractivity contribution in [2.45, 2.75) is 42.5 Å². The monoisotopic (exact) mass is 302 g/mol. The first-order chi connectivity index (χ1) is 6.54. The Morgan fingerprint density at radius 2 is 1.29 bits per heavy atom. The van der Waals surface area contributed by atoms with Gasteiger partial charge in [-0.2, -0.15) is 0 Å². The molecule has 1 fully saturated rings. The summed E-state index contributed by atoms with van der Waals surface area (Å²) in [5.41, 5.74) is 0. The van der Waals surface area contributed by atoms with Crippen LogP contribution in [-0.2, 0) is 0 Å². The van der Waals surface area contributed by atoms with Gasteiger partial charge in [0.25, 0.3) is 0 Å². The predicted molar refractivity (Wildman–Crippen MR) is 67.0 cm³/mol. The first-order valence-electron chi connectivity index (χ1n) is 4.26. The molecule has 0 atom stereocenters. The van der Waals surface area contributed by atoms with E-state index in [1.54, 1.807) is 0 Å². The van der Waals surface area contributed by atoms with Crippen LogP contribution in [0.25, 0.3) is 0 Å². The van der Waals surface area contributed by atoms with E-state index in [9.17, 15) is 0 Å². The van der Waals surface area contributed by atoms with Gasteiger partial charge in [-0.05, 0) is 12.8 Å². The van der Waals surface area contributed by atoms with E-state index < -0.39 is 4.30 Å². The molecule has 0 bridgehead atoms. The van der Waals surface area contributed by atoms with E-state index in [2.05, 4.69) is 0 Å². The maximum absolute atomic E-state index is 8.91. The fourth-order valence-electron chi connectivity index (χ4n) is 1.08. The van der Waals surface area contributed by atoms with Crippen LogP contribution < -0.4 is 0 Å². The van der Waals surface area contributed by atoms with Gasteiger partial charge in [0, 0.05) is 0 Å². The second-order valence-electron chi connectivity index (χ2n) is 2.64. The van der Waals surface area contributed by atoms with Gasteiger partial charge in [-0.25, -0.2) is 0 Å². The Balaban J connectivity index is 0. The quantitative estimate of drug-likeness (QED) is 0.642. The van der Waals surface area contributed by atoms with Gasteiger partial charge in [0.15, 0.2) is 4.30 Å². The maximum Gasteiger partial charge on any atom is 0.180 e. The summed E-state index contributed by atoms with van der Waals surface area (Å²) in [6, 6.07) is 0. The molecule has 0 aromatic rings. The summed E-state index contributed by atoms with van der Waals surface area (Å²) in [5.74, 6) is 0. The third-order valence-corrected chi connectivity index (χ3v) is 1.57. The van der Waals surface area contributed by atoms with Crippen LogP contribution in [0.2, 0.25) is 0 Å². The Bertz CT molecular complexity index is 93.0. The lowest BCUT2D eigenvalue weighted by Gasteiger charge is -2.14. The summed E-state index contributed by atoms with van der Waals surface area (Å²) in [6.45, 7) is 0. The molecule has 0 aromatic carbocycles. The zero-order valence-electron chi connectivity index (χ0n) is 7.73. The van der Waals surface area contributed by atoms with Gasteiger partial charge in [0.05, 0.1) is 11.4 Å². The maximum atomic E-state index is 8.91. The fraction of sp³-hybridized carbons (Fsp3) is 1.00. The minimum atomic E-state index is -0.750. The highest BCUT2D eigenvalue weighted by atomic mass is 35.6. The predicted octanol–water partition coefficient (Wildman–Crippen LogP) is 4.72. The van der Waals surface area contributed by atoms with Crippen molar-refractivity contribution in [2.24, 2.45) is 0 Å². The summed E-state index contributed by atoms with van der Waals surface area (Å²) in [7, 11) is 0. The smallest absolute Gasteiger partial charge is 0.180 e. The fourth-order valence-corrected chi connectivity index (χ4v) is 1.08. The molecule has 0 aliphatic heterocycles. The molecule has 0 saturated heterocycles. The molecule has 0 amide bonds. The van der Waals surface area contributed by atoms with Crippen LogP contribution in [-0.4, -0.2) is 20.8 Å². The number of halogens is 5. The molecule has 1 rings (SSSR count). The van der Waals surface area contributed by atoms with Crippen LogP contribution >= 0.6 is 58.0 Å². The largest absolute Gasteiger partial charge is 0.393 e. The molecule has 0 unspecified atom stereocenters. The van der Waals surface area contributed by atoms with Gasteiger partial charge >= 0.3 is 0 Å². The summed E-state index contributed by atoms with van der Waals surface area (Å²) in [6.07, 6.45) is 5.92. The van der Waals surface area contributed by atoms with Crippen LogP contribution in [0.15, 0.2) is 0 Å². The highest BCUT2D eigenvalue weighted by molar-refractivity contribution is 6.63. The Kier molecular flexibility index (Phi) is 18.3. The average Bonchev–Trinajstić information content (AvgIpc) is 2.05. The van der Waals surface area contributed by atoms with Gasteiger partial charge in [0.1, 0.15) is 0 Å². The number of aliphatic hydroxyl groups is 1. The van der Waals surface area contributed by atoms with Gasteiger partial charge < -0.3 is 5.11 Å².